The summed E-state index contributed by atoms with van der Waals surface area (Å²) in [5, 5.41) is 10.5. The Bertz CT molecular complexity index is 1360. The number of carbonyl (C=O) groups is 3. The number of Topliss-reactive ketones (excluding diaryl/α,β-unsaturated/α-hetero) is 2. The van der Waals surface area contributed by atoms with Crippen LogP contribution in [0.3, 0.4) is 0 Å². The van der Waals surface area contributed by atoms with E-state index in [1.807, 2.05) is 135 Å². The third-order valence-electron chi connectivity index (χ3n) is 9.10. The Balaban J connectivity index is 1.62. The molecule has 0 spiro atoms. The molecule has 1 N–H and O–H groups in total. The first kappa shape index (κ1) is 29.2. The Morgan fingerprint density at radius 2 is 0.714 bits per heavy atom. The van der Waals surface area contributed by atoms with Crippen LogP contribution in [-0.2, 0) is 14.4 Å². The van der Waals surface area contributed by atoms with Crippen LogP contribution < -0.4 is 0 Å². The summed E-state index contributed by atoms with van der Waals surface area (Å²) in [5.74, 6) is -2.24. The average Bonchev–Trinajstić information content (AvgIpc) is 2.99. The molecule has 214 valence electrons. The zero-order valence-corrected chi connectivity index (χ0v) is 24.5. The molecule has 1 aliphatic rings. The fourth-order valence-electron chi connectivity index (χ4n) is 7.54. The average molecular weight is 559 g/mol. The maximum Gasteiger partial charge on any atom is 0.309 e. The molecular weight excluding hydrogens is 520 g/mol. The van der Waals surface area contributed by atoms with Gasteiger partial charge < -0.3 is 5.11 Å². The van der Waals surface area contributed by atoms with Crippen LogP contribution in [0.4, 0.5) is 0 Å². The molecule has 0 aromatic heterocycles. The van der Waals surface area contributed by atoms with Gasteiger partial charge in [0, 0.05) is 10.8 Å². The van der Waals surface area contributed by atoms with Crippen LogP contribution in [0.15, 0.2) is 121 Å². The van der Waals surface area contributed by atoms with E-state index in [9.17, 15) is 19.5 Å². The first-order chi connectivity index (χ1) is 20.1. The number of rotatable bonds is 9. The Hall–Kier alpha value is -4.31. The lowest BCUT2D eigenvalue weighted by atomic mass is 9.50. The predicted molar refractivity (Wildman–Crippen MR) is 165 cm³/mol. The number of carboxylic acid groups (broad SMARTS) is 1. The van der Waals surface area contributed by atoms with Crippen LogP contribution in [0.25, 0.3) is 0 Å². The van der Waals surface area contributed by atoms with E-state index in [0.29, 0.717) is 0 Å². The lowest BCUT2D eigenvalue weighted by Gasteiger charge is -2.51. The zero-order valence-electron chi connectivity index (χ0n) is 24.5. The van der Waals surface area contributed by atoms with Crippen LogP contribution >= 0.6 is 0 Å². The highest BCUT2D eigenvalue weighted by Crippen LogP contribution is 2.58. The highest BCUT2D eigenvalue weighted by molar-refractivity contribution is 5.98. The van der Waals surface area contributed by atoms with Crippen LogP contribution in [0, 0.1) is 16.2 Å². The van der Waals surface area contributed by atoms with Crippen molar-refractivity contribution in [1.82, 2.24) is 0 Å². The number of carboxylic acids is 1. The molecule has 4 aromatic carbocycles. The summed E-state index contributed by atoms with van der Waals surface area (Å²) < 4.78 is 0. The molecular formula is C38H38O4. The monoisotopic (exact) mass is 558 g/mol. The zero-order chi connectivity index (χ0) is 30.0. The number of hydrogen-bond acceptors (Lipinski definition) is 3. The minimum absolute atomic E-state index is 0.0536. The van der Waals surface area contributed by atoms with E-state index in [0.717, 1.165) is 22.3 Å². The van der Waals surface area contributed by atoms with Gasteiger partial charge in [0.15, 0.2) is 11.6 Å². The summed E-state index contributed by atoms with van der Waals surface area (Å²) in [7, 11) is 0. The summed E-state index contributed by atoms with van der Waals surface area (Å²) in [5.41, 5.74) is 0.0416. The molecule has 1 unspecified atom stereocenters. The van der Waals surface area contributed by atoms with Crippen LogP contribution in [0.2, 0.25) is 0 Å². The summed E-state index contributed by atoms with van der Waals surface area (Å²) in [6.45, 7) is 5.45. The molecule has 0 aliphatic heterocycles. The SMILES string of the molecule is CC1(C(=O)O)C[C@](C)(C(=O)C(c2ccccc2)c2ccccc2)C[C@](C)(C(=O)C(c2ccccc2)c2ccccc2)C1. The van der Waals surface area contributed by atoms with Crippen molar-refractivity contribution < 1.29 is 19.5 Å². The highest BCUT2D eigenvalue weighted by Gasteiger charge is 2.59. The van der Waals surface area contributed by atoms with E-state index < -0.39 is 34.1 Å². The van der Waals surface area contributed by atoms with E-state index in [2.05, 4.69) is 0 Å². The van der Waals surface area contributed by atoms with Crippen LogP contribution in [0.5, 0.6) is 0 Å². The van der Waals surface area contributed by atoms with Crippen molar-refractivity contribution in [2.24, 2.45) is 16.2 Å². The van der Waals surface area contributed by atoms with E-state index in [1.165, 1.54) is 0 Å². The van der Waals surface area contributed by atoms with E-state index >= 15 is 0 Å². The molecule has 0 radical (unpaired) electrons. The second kappa shape index (κ2) is 11.5. The molecule has 42 heavy (non-hydrogen) atoms. The molecule has 4 nitrogen and oxygen atoms in total. The van der Waals surface area contributed by atoms with Gasteiger partial charge >= 0.3 is 5.97 Å². The quantitative estimate of drug-likeness (QED) is 0.225. The van der Waals surface area contributed by atoms with Crippen LogP contribution in [-0.4, -0.2) is 22.6 Å². The normalized spacial score (nSPS) is 23.9. The molecule has 0 bridgehead atoms. The van der Waals surface area contributed by atoms with Gasteiger partial charge in [0.05, 0.1) is 17.3 Å². The van der Waals surface area contributed by atoms with Gasteiger partial charge in [0.2, 0.25) is 0 Å². The number of carbonyl (C=O) groups excluding carboxylic acids is 2. The summed E-state index contributed by atoms with van der Waals surface area (Å²) in [6.07, 6.45) is 0.593. The van der Waals surface area contributed by atoms with Gasteiger partial charge in [-0.1, -0.05) is 135 Å². The molecule has 3 atom stereocenters. The Morgan fingerprint density at radius 3 is 0.952 bits per heavy atom. The Morgan fingerprint density at radius 1 is 0.476 bits per heavy atom. The van der Waals surface area contributed by atoms with Crippen LogP contribution in [0.1, 0.15) is 74.1 Å². The summed E-state index contributed by atoms with van der Waals surface area (Å²) in [6, 6.07) is 38.6. The van der Waals surface area contributed by atoms with E-state index in [-0.39, 0.29) is 30.8 Å². The lowest BCUT2D eigenvalue weighted by molar-refractivity contribution is -0.163. The predicted octanol–water partition coefficient (Wildman–Crippen LogP) is 8.08. The number of ketones is 2. The van der Waals surface area contributed by atoms with E-state index in [4.69, 9.17) is 0 Å². The van der Waals surface area contributed by atoms with Gasteiger partial charge in [0.1, 0.15) is 0 Å². The molecule has 1 fully saturated rings. The molecule has 1 saturated carbocycles. The van der Waals surface area contributed by atoms with Crippen molar-refractivity contribution in [3.05, 3.63) is 144 Å². The standard InChI is InChI=1S/C38H38O4/c1-36(33(39)31(27-16-8-4-9-17-27)28-18-10-5-11-19-28)24-37(2,26-38(3,25-36)35(41)42)34(40)32(29-20-12-6-13-21-29)30-22-14-7-15-23-30/h4-23,31-32H,24-26H2,1-3H3,(H,41,42)/t36-,37+,38?. The van der Waals surface area contributed by atoms with E-state index in [1.54, 1.807) is 6.92 Å². The molecule has 5 rings (SSSR count). The van der Waals surface area contributed by atoms with Gasteiger partial charge in [-0.15, -0.1) is 0 Å². The van der Waals surface area contributed by atoms with Crippen molar-refractivity contribution in [3.8, 4) is 0 Å². The Kier molecular flexibility index (Phi) is 8.01. The minimum Gasteiger partial charge on any atom is -0.481 e. The van der Waals surface area contributed by atoms with Crippen molar-refractivity contribution in [2.45, 2.75) is 51.9 Å². The largest absolute Gasteiger partial charge is 0.481 e. The first-order valence-corrected chi connectivity index (χ1v) is 14.6. The highest BCUT2D eigenvalue weighted by atomic mass is 16.4. The minimum atomic E-state index is -1.26. The lowest BCUT2D eigenvalue weighted by Crippen LogP contribution is -2.53. The van der Waals surface area contributed by atoms with Gasteiger partial charge in [-0.25, -0.2) is 0 Å². The maximum absolute atomic E-state index is 14.8. The summed E-state index contributed by atoms with van der Waals surface area (Å²) >= 11 is 0. The van der Waals surface area contributed by atoms with Crippen molar-refractivity contribution in [3.63, 3.8) is 0 Å². The maximum atomic E-state index is 14.8. The van der Waals surface area contributed by atoms with Gasteiger partial charge in [-0.05, 0) is 48.4 Å². The molecule has 4 heteroatoms. The molecule has 0 heterocycles. The number of aliphatic carboxylic acids is 1. The fourth-order valence-corrected chi connectivity index (χ4v) is 7.54. The second-order valence-electron chi connectivity index (χ2n) is 12.8. The van der Waals surface area contributed by atoms with Crippen molar-refractivity contribution in [2.75, 3.05) is 0 Å². The van der Waals surface area contributed by atoms with Crippen molar-refractivity contribution in [1.29, 1.82) is 0 Å². The third-order valence-corrected chi connectivity index (χ3v) is 9.10. The van der Waals surface area contributed by atoms with Gasteiger partial charge in [0.25, 0.3) is 0 Å². The number of hydrogen-bond donors (Lipinski definition) is 1. The van der Waals surface area contributed by atoms with Gasteiger partial charge in [-0.3, -0.25) is 14.4 Å². The first-order valence-electron chi connectivity index (χ1n) is 14.6. The Labute approximate surface area is 248 Å². The number of benzene rings is 4. The topological polar surface area (TPSA) is 71.4 Å². The van der Waals surface area contributed by atoms with Gasteiger partial charge in [-0.2, -0.15) is 0 Å². The van der Waals surface area contributed by atoms with Crippen molar-refractivity contribution >= 4 is 17.5 Å². The third kappa shape index (κ3) is 5.59. The summed E-state index contributed by atoms with van der Waals surface area (Å²) in [4.78, 5) is 42.6. The fraction of sp³-hybridized carbons (Fsp3) is 0.289. The second-order valence-corrected chi connectivity index (χ2v) is 12.8. The molecule has 4 aromatic rings. The molecule has 0 saturated heterocycles. The smallest absolute Gasteiger partial charge is 0.309 e. The molecule has 0 amide bonds. The molecule has 1 aliphatic carbocycles.